The van der Waals surface area contributed by atoms with Crippen LogP contribution in [-0.2, 0) is 16.1 Å². The lowest BCUT2D eigenvalue weighted by Gasteiger charge is -2.32. The van der Waals surface area contributed by atoms with Crippen molar-refractivity contribution in [3.05, 3.63) is 89.8 Å². The number of hydrogen-bond acceptors (Lipinski definition) is 8. The highest BCUT2D eigenvalue weighted by atomic mass is 19.1. The Balaban J connectivity index is 1.36. The Kier molecular flexibility index (Phi) is 12.3. The maximum absolute atomic E-state index is 14.6. The fourth-order valence-electron chi connectivity index (χ4n) is 6.97. The summed E-state index contributed by atoms with van der Waals surface area (Å²) in [6, 6.07) is 14.4. The molecule has 0 spiro atoms. The molecule has 3 aromatic carbocycles. The lowest BCUT2D eigenvalue weighted by Crippen LogP contribution is -2.53. The second-order valence-electron chi connectivity index (χ2n) is 13.6. The first kappa shape index (κ1) is 38.0. The van der Waals surface area contributed by atoms with Crippen LogP contribution in [0.4, 0.5) is 9.18 Å². The number of nitrogens with zero attached hydrogens (tertiary/aromatic N) is 4. The highest BCUT2D eigenvalue weighted by Gasteiger charge is 2.43. The molecule has 0 aliphatic carbocycles. The number of aryl methyl sites for hydroxylation is 1. The Morgan fingerprint density at radius 2 is 1.70 bits per heavy atom. The molecule has 3 amide bonds. The molecule has 3 heterocycles. The van der Waals surface area contributed by atoms with Crippen molar-refractivity contribution in [1.82, 2.24) is 25.1 Å². The van der Waals surface area contributed by atoms with Gasteiger partial charge in [-0.05, 0) is 93.1 Å². The number of hydrogen-bond donors (Lipinski definition) is 2. The molecule has 4 aromatic rings. The normalized spacial score (nSPS) is 20.0. The van der Waals surface area contributed by atoms with E-state index in [9.17, 15) is 23.9 Å². The van der Waals surface area contributed by atoms with Crippen LogP contribution in [0.5, 0.6) is 17.4 Å². The first-order chi connectivity index (χ1) is 26.1. The van der Waals surface area contributed by atoms with E-state index in [4.69, 9.17) is 24.2 Å². The number of urea groups is 1. The molecule has 2 N–H and O–H groups in total. The average Bonchev–Trinajstić information content (AvgIpc) is 3.60. The Bertz CT molecular complexity index is 1990. The predicted molar refractivity (Wildman–Crippen MR) is 201 cm³/mol. The molecule has 0 saturated carbocycles. The third-order valence-electron chi connectivity index (χ3n) is 9.95. The van der Waals surface area contributed by atoms with Gasteiger partial charge in [-0.2, -0.15) is 4.98 Å². The topological polar surface area (TPSA) is 143 Å². The van der Waals surface area contributed by atoms with Crippen molar-refractivity contribution >= 4 is 28.8 Å². The Labute approximate surface area is 313 Å². The molecule has 2 aliphatic heterocycles. The number of halogens is 1. The summed E-state index contributed by atoms with van der Waals surface area (Å²) in [5.41, 5.74) is 2.78. The molecule has 13 heteroatoms. The first-order valence-electron chi connectivity index (χ1n) is 18.3. The number of carboxylic acid groups (broad SMARTS) is 1. The minimum Gasteiger partial charge on any atom is -0.497 e. The van der Waals surface area contributed by atoms with E-state index in [0.717, 1.165) is 36.8 Å². The molecular formula is C41H46FN5O7. The fourth-order valence-corrected chi connectivity index (χ4v) is 6.97. The number of carboxylic acids is 1. The average molecular weight is 740 g/mol. The zero-order chi connectivity index (χ0) is 38.2. The van der Waals surface area contributed by atoms with Crippen LogP contribution in [-0.4, -0.2) is 88.3 Å². The number of nitrogens with one attached hydrogen (secondary N) is 1. The van der Waals surface area contributed by atoms with Gasteiger partial charge >= 0.3 is 12.0 Å². The summed E-state index contributed by atoms with van der Waals surface area (Å²) in [4.78, 5) is 53.7. The van der Waals surface area contributed by atoms with E-state index in [1.807, 2.05) is 43.3 Å². The smallest absolute Gasteiger partial charge is 0.326 e. The molecule has 12 nitrogen and oxygen atoms in total. The highest BCUT2D eigenvalue weighted by molar-refractivity contribution is 5.91. The van der Waals surface area contributed by atoms with E-state index in [0.29, 0.717) is 53.3 Å². The quantitative estimate of drug-likeness (QED) is 0.189. The van der Waals surface area contributed by atoms with Crippen LogP contribution < -0.4 is 19.5 Å². The lowest BCUT2D eigenvalue weighted by atomic mass is 10.1. The summed E-state index contributed by atoms with van der Waals surface area (Å²) in [6.07, 6.45) is 7.55. The van der Waals surface area contributed by atoms with E-state index in [1.165, 1.54) is 17.0 Å². The summed E-state index contributed by atoms with van der Waals surface area (Å²) in [5.74, 6) is -0.269. The van der Waals surface area contributed by atoms with Crippen LogP contribution in [0.25, 0.3) is 22.3 Å². The van der Waals surface area contributed by atoms with Gasteiger partial charge in [-0.15, -0.1) is 0 Å². The number of aliphatic carboxylic acids is 1. The Hall–Kier alpha value is -5.72. The predicted octanol–water partition coefficient (Wildman–Crippen LogP) is 6.69. The van der Waals surface area contributed by atoms with Crippen LogP contribution in [0, 0.1) is 12.7 Å². The van der Waals surface area contributed by atoms with E-state index in [2.05, 4.69) is 5.32 Å². The number of fused-ring (bicyclic) bond motifs is 2. The third kappa shape index (κ3) is 8.90. The Morgan fingerprint density at radius 3 is 2.43 bits per heavy atom. The number of ether oxygens (including phenoxy) is 3. The van der Waals surface area contributed by atoms with Crippen molar-refractivity contribution in [1.29, 1.82) is 0 Å². The second kappa shape index (κ2) is 17.4. The summed E-state index contributed by atoms with van der Waals surface area (Å²) in [6.45, 7) is 2.68. The maximum atomic E-state index is 14.6. The molecule has 54 heavy (non-hydrogen) atoms. The minimum absolute atomic E-state index is 0.0447. The van der Waals surface area contributed by atoms with E-state index >= 15 is 0 Å². The van der Waals surface area contributed by atoms with Gasteiger partial charge in [0.15, 0.2) is 5.82 Å². The number of carbonyl (C=O) groups is 3. The van der Waals surface area contributed by atoms with Crippen LogP contribution in [0.1, 0.15) is 56.1 Å². The van der Waals surface area contributed by atoms with Gasteiger partial charge in [0.05, 0.1) is 31.7 Å². The summed E-state index contributed by atoms with van der Waals surface area (Å²) < 4.78 is 31.4. The number of allylic oxidation sites excluding steroid dienone is 2. The van der Waals surface area contributed by atoms with E-state index in [-0.39, 0.29) is 31.3 Å². The zero-order valence-corrected chi connectivity index (χ0v) is 30.8. The van der Waals surface area contributed by atoms with Crippen molar-refractivity contribution in [2.75, 3.05) is 27.3 Å². The van der Waals surface area contributed by atoms with Crippen molar-refractivity contribution in [3.8, 4) is 28.8 Å². The molecule has 0 bridgehead atoms. The van der Waals surface area contributed by atoms with Gasteiger partial charge in [0, 0.05) is 30.6 Å². The van der Waals surface area contributed by atoms with Crippen LogP contribution in [0.3, 0.4) is 0 Å². The van der Waals surface area contributed by atoms with Gasteiger partial charge in [-0.3, -0.25) is 4.79 Å². The fraction of sp³-hybridized carbons (Fsp3) is 0.390. The second-order valence-corrected chi connectivity index (χ2v) is 13.6. The standard InChI is InChI=1S/C41H46FN5O7/c1-26-35(53-3)21-20-32-36(26)44-37(28-14-16-29(42)17-15-28)45-39(32)54-31-23-34-38(48)43-33(40(49)50)11-9-7-5-4-6-8-10-22-46(41(51)47(34)25-31)24-27-12-18-30(52-2)19-13-27/h5,7,12-21,31,33-34H,4,6,8-11,22-25H2,1-3H3,(H,43,48)(H,49,50). The number of carbonyl (C=O) groups excluding carboxylic acids is 2. The van der Waals surface area contributed by atoms with Crippen LogP contribution in [0.15, 0.2) is 72.8 Å². The van der Waals surface area contributed by atoms with E-state index in [1.54, 1.807) is 43.4 Å². The maximum Gasteiger partial charge on any atom is 0.326 e. The Morgan fingerprint density at radius 1 is 0.944 bits per heavy atom. The molecule has 3 atom stereocenters. The van der Waals surface area contributed by atoms with Gasteiger partial charge in [-0.1, -0.05) is 30.7 Å². The van der Waals surface area contributed by atoms with Gasteiger partial charge < -0.3 is 34.4 Å². The van der Waals surface area contributed by atoms with Gasteiger partial charge in [0.2, 0.25) is 11.8 Å². The molecule has 6 rings (SSSR count). The molecule has 1 saturated heterocycles. The SMILES string of the molecule is COc1ccc(CN2CCCCCC=CCCC(C(=O)O)NC(=O)C3CC(Oc4nc(-c5ccc(F)cc5)nc5c(C)c(OC)ccc45)CN3C2=O)cc1. The van der Waals surface area contributed by atoms with Crippen molar-refractivity contribution < 1.29 is 38.1 Å². The van der Waals surface area contributed by atoms with Gasteiger partial charge in [0.25, 0.3) is 0 Å². The summed E-state index contributed by atoms with van der Waals surface area (Å²) in [7, 11) is 3.16. The third-order valence-corrected chi connectivity index (χ3v) is 9.95. The monoisotopic (exact) mass is 739 g/mol. The molecular weight excluding hydrogens is 693 g/mol. The van der Waals surface area contributed by atoms with Crippen LogP contribution in [0.2, 0.25) is 0 Å². The highest BCUT2D eigenvalue weighted by Crippen LogP contribution is 2.35. The minimum atomic E-state index is -1.14. The molecule has 1 fully saturated rings. The van der Waals surface area contributed by atoms with Crippen LogP contribution >= 0.6 is 0 Å². The lowest BCUT2D eigenvalue weighted by molar-refractivity contribution is -0.142. The first-order valence-corrected chi connectivity index (χ1v) is 18.3. The zero-order valence-electron chi connectivity index (χ0n) is 30.8. The molecule has 1 aromatic heterocycles. The molecule has 2 aliphatic rings. The summed E-state index contributed by atoms with van der Waals surface area (Å²) >= 11 is 0. The van der Waals surface area contributed by atoms with Crippen molar-refractivity contribution in [2.45, 2.75) is 76.6 Å². The number of aromatic nitrogens is 2. The van der Waals surface area contributed by atoms with Crippen molar-refractivity contribution in [2.24, 2.45) is 0 Å². The van der Waals surface area contributed by atoms with Gasteiger partial charge in [-0.25, -0.2) is 19.0 Å². The largest absolute Gasteiger partial charge is 0.497 e. The number of benzene rings is 3. The van der Waals surface area contributed by atoms with Gasteiger partial charge in [0.1, 0.15) is 35.5 Å². The van der Waals surface area contributed by atoms with E-state index < -0.39 is 35.9 Å². The summed E-state index contributed by atoms with van der Waals surface area (Å²) in [5, 5.41) is 13.3. The number of amides is 3. The van der Waals surface area contributed by atoms with Crippen molar-refractivity contribution in [3.63, 3.8) is 0 Å². The molecule has 3 unspecified atom stereocenters. The molecule has 284 valence electrons. The molecule has 0 radical (unpaired) electrons. The number of rotatable bonds is 8. The number of methoxy groups -OCH3 is 2.